The molecule has 4 aliphatic rings. The van der Waals surface area contributed by atoms with Crippen molar-refractivity contribution in [2.24, 2.45) is 11.8 Å². The van der Waals surface area contributed by atoms with Gasteiger partial charge in [0.1, 0.15) is 6.04 Å². The summed E-state index contributed by atoms with van der Waals surface area (Å²) in [6, 6.07) is 2.13. The predicted molar refractivity (Wildman–Crippen MR) is 97.4 cm³/mol. The number of hydrogen-bond acceptors (Lipinski definition) is 3. The van der Waals surface area contributed by atoms with Crippen molar-refractivity contribution >= 4 is 11.8 Å². The minimum Gasteiger partial charge on any atom is -0.340 e. The first-order chi connectivity index (χ1) is 12.6. The van der Waals surface area contributed by atoms with Gasteiger partial charge in [0, 0.05) is 43.9 Å². The van der Waals surface area contributed by atoms with Gasteiger partial charge in [0.2, 0.25) is 11.8 Å². The molecule has 26 heavy (non-hydrogen) atoms. The number of aryl methyl sites for hydroxylation is 1. The van der Waals surface area contributed by atoms with Crippen LogP contribution >= 0.6 is 0 Å². The lowest BCUT2D eigenvalue weighted by atomic mass is 9.89. The lowest BCUT2D eigenvalue weighted by Gasteiger charge is -2.43. The molecule has 0 radical (unpaired) electrons. The predicted octanol–water partition coefficient (Wildman–Crippen LogP) is 2.50. The highest BCUT2D eigenvalue weighted by molar-refractivity contribution is 5.89. The Morgan fingerprint density at radius 3 is 2.81 bits per heavy atom. The summed E-state index contributed by atoms with van der Waals surface area (Å²) in [6.45, 7) is 3.63. The Kier molecular flexibility index (Phi) is 3.80. The SMILES string of the molecule is Cc1ccncc1C1CN(C(=O)[C@@H]2CC[C@@H]3C[C@H]4C[C@@H]4CCC(=O)N32)C1. The van der Waals surface area contributed by atoms with E-state index >= 15 is 0 Å². The summed E-state index contributed by atoms with van der Waals surface area (Å²) in [4.78, 5) is 34.0. The molecular weight excluding hydrogens is 326 g/mol. The van der Waals surface area contributed by atoms with Crippen molar-refractivity contribution in [2.45, 2.75) is 63.5 Å². The Morgan fingerprint density at radius 2 is 2.00 bits per heavy atom. The molecule has 0 bridgehead atoms. The molecule has 5 heteroatoms. The quantitative estimate of drug-likeness (QED) is 0.821. The van der Waals surface area contributed by atoms with E-state index in [0.29, 0.717) is 18.4 Å². The minimum absolute atomic E-state index is 0.173. The Bertz CT molecular complexity index is 743. The molecule has 4 heterocycles. The van der Waals surface area contributed by atoms with Crippen LogP contribution in [-0.2, 0) is 9.59 Å². The van der Waals surface area contributed by atoms with Crippen molar-refractivity contribution in [3.05, 3.63) is 29.6 Å². The average molecular weight is 353 g/mol. The standard InChI is InChI=1S/C21H27N3O2/c1-13-6-7-22-10-18(13)16-11-23(12-16)21(26)19-4-3-17-9-15-8-14(15)2-5-20(25)24(17)19/h6-7,10,14-17,19H,2-5,8-9,11-12H2,1H3/t14-,15+,17+,19-/m0/s1. The number of nitrogens with zero attached hydrogens (tertiary/aromatic N) is 3. The van der Waals surface area contributed by atoms with Crippen molar-refractivity contribution in [3.63, 3.8) is 0 Å². The molecule has 1 aliphatic carbocycles. The minimum atomic E-state index is -0.209. The van der Waals surface area contributed by atoms with Crippen LogP contribution in [0.4, 0.5) is 0 Å². The lowest BCUT2D eigenvalue weighted by molar-refractivity contribution is -0.148. The Morgan fingerprint density at radius 1 is 1.15 bits per heavy atom. The van der Waals surface area contributed by atoms with Gasteiger partial charge in [0.25, 0.3) is 0 Å². The first kappa shape index (κ1) is 16.3. The zero-order chi connectivity index (χ0) is 17.8. The molecule has 1 aromatic heterocycles. The summed E-state index contributed by atoms with van der Waals surface area (Å²) < 4.78 is 0. The van der Waals surface area contributed by atoms with Crippen LogP contribution in [-0.4, -0.2) is 51.8 Å². The van der Waals surface area contributed by atoms with Crippen LogP contribution in [0.3, 0.4) is 0 Å². The normalized spacial score (nSPS) is 33.8. The fourth-order valence-corrected chi connectivity index (χ4v) is 5.44. The number of rotatable bonds is 2. The van der Waals surface area contributed by atoms with E-state index < -0.39 is 0 Å². The fourth-order valence-electron chi connectivity index (χ4n) is 5.44. The summed E-state index contributed by atoms with van der Waals surface area (Å²) in [5.41, 5.74) is 2.50. The molecule has 0 N–H and O–H groups in total. The highest BCUT2D eigenvalue weighted by Gasteiger charge is 2.49. The van der Waals surface area contributed by atoms with Crippen molar-refractivity contribution < 1.29 is 9.59 Å². The maximum Gasteiger partial charge on any atom is 0.245 e. The Balaban J connectivity index is 1.26. The molecule has 138 valence electrons. The van der Waals surface area contributed by atoms with Gasteiger partial charge in [-0.3, -0.25) is 14.6 Å². The van der Waals surface area contributed by atoms with Gasteiger partial charge >= 0.3 is 0 Å². The number of pyridine rings is 1. The lowest BCUT2D eigenvalue weighted by Crippen LogP contribution is -2.56. The summed E-state index contributed by atoms with van der Waals surface area (Å²) in [7, 11) is 0. The van der Waals surface area contributed by atoms with Crippen LogP contribution in [0.1, 0.15) is 55.6 Å². The van der Waals surface area contributed by atoms with E-state index in [2.05, 4.69) is 11.9 Å². The third-order valence-corrected chi connectivity index (χ3v) is 7.16. The van der Waals surface area contributed by atoms with Crippen molar-refractivity contribution in [1.82, 2.24) is 14.8 Å². The maximum atomic E-state index is 13.1. The van der Waals surface area contributed by atoms with Crippen molar-refractivity contribution in [1.29, 1.82) is 0 Å². The fraction of sp³-hybridized carbons (Fsp3) is 0.667. The number of likely N-dealkylation sites (tertiary alicyclic amines) is 1. The van der Waals surface area contributed by atoms with E-state index in [0.717, 1.165) is 50.6 Å². The van der Waals surface area contributed by atoms with Gasteiger partial charge in [-0.15, -0.1) is 0 Å². The molecule has 1 saturated carbocycles. The summed E-state index contributed by atoms with van der Waals surface area (Å²) in [6.07, 6.45) is 9.69. The first-order valence-electron chi connectivity index (χ1n) is 10.1. The number of aromatic nitrogens is 1. The largest absolute Gasteiger partial charge is 0.340 e. The molecule has 0 spiro atoms. The van der Waals surface area contributed by atoms with E-state index in [-0.39, 0.29) is 17.9 Å². The monoisotopic (exact) mass is 353 g/mol. The zero-order valence-electron chi connectivity index (χ0n) is 15.4. The molecule has 0 unspecified atom stereocenters. The van der Waals surface area contributed by atoms with E-state index in [9.17, 15) is 9.59 Å². The van der Waals surface area contributed by atoms with Crippen LogP contribution in [0.15, 0.2) is 18.5 Å². The van der Waals surface area contributed by atoms with E-state index in [1.54, 1.807) is 0 Å². The molecule has 1 aromatic rings. The van der Waals surface area contributed by atoms with Gasteiger partial charge in [-0.1, -0.05) is 0 Å². The number of carbonyl (C=O) groups is 2. The van der Waals surface area contributed by atoms with Crippen LogP contribution in [0.2, 0.25) is 0 Å². The van der Waals surface area contributed by atoms with Crippen LogP contribution in [0.5, 0.6) is 0 Å². The number of hydrogen-bond donors (Lipinski definition) is 0. The maximum absolute atomic E-state index is 13.1. The highest BCUT2D eigenvalue weighted by atomic mass is 16.2. The van der Waals surface area contributed by atoms with Crippen LogP contribution < -0.4 is 0 Å². The van der Waals surface area contributed by atoms with Gasteiger partial charge in [-0.2, -0.15) is 0 Å². The second-order valence-electron chi connectivity index (χ2n) is 8.75. The second kappa shape index (κ2) is 6.07. The smallest absolute Gasteiger partial charge is 0.245 e. The molecular formula is C21H27N3O2. The van der Waals surface area contributed by atoms with Gasteiger partial charge in [0.05, 0.1) is 0 Å². The van der Waals surface area contributed by atoms with Gasteiger partial charge in [0.15, 0.2) is 0 Å². The molecule has 3 saturated heterocycles. The average Bonchev–Trinajstić information content (AvgIpc) is 3.17. The molecule has 4 fully saturated rings. The molecule has 2 amide bonds. The third-order valence-electron chi connectivity index (χ3n) is 7.16. The van der Waals surface area contributed by atoms with Gasteiger partial charge in [-0.25, -0.2) is 0 Å². The summed E-state index contributed by atoms with van der Waals surface area (Å²) in [5, 5.41) is 0. The molecule has 5 rings (SSSR count). The Labute approximate surface area is 154 Å². The van der Waals surface area contributed by atoms with E-state index in [4.69, 9.17) is 0 Å². The molecule has 0 aromatic carbocycles. The van der Waals surface area contributed by atoms with E-state index in [1.807, 2.05) is 28.3 Å². The zero-order valence-corrected chi connectivity index (χ0v) is 15.4. The van der Waals surface area contributed by atoms with Gasteiger partial charge in [-0.05, 0) is 68.1 Å². The third kappa shape index (κ3) is 2.63. The summed E-state index contributed by atoms with van der Waals surface area (Å²) in [5.74, 6) is 2.38. The topological polar surface area (TPSA) is 53.5 Å². The van der Waals surface area contributed by atoms with Crippen molar-refractivity contribution in [2.75, 3.05) is 13.1 Å². The summed E-state index contributed by atoms with van der Waals surface area (Å²) >= 11 is 0. The highest BCUT2D eigenvalue weighted by Crippen LogP contribution is 2.49. The molecule has 5 nitrogen and oxygen atoms in total. The van der Waals surface area contributed by atoms with Crippen LogP contribution in [0, 0.1) is 18.8 Å². The first-order valence-corrected chi connectivity index (χ1v) is 10.1. The Hall–Kier alpha value is -1.91. The number of fused-ring (bicyclic) bond motifs is 2. The van der Waals surface area contributed by atoms with Crippen molar-refractivity contribution in [3.8, 4) is 0 Å². The molecule has 3 aliphatic heterocycles. The number of amides is 2. The number of carbonyl (C=O) groups excluding carboxylic acids is 2. The van der Waals surface area contributed by atoms with E-state index in [1.165, 1.54) is 17.5 Å². The molecule has 4 atom stereocenters. The van der Waals surface area contributed by atoms with Gasteiger partial charge < -0.3 is 9.80 Å². The second-order valence-corrected chi connectivity index (χ2v) is 8.75. The van der Waals surface area contributed by atoms with Crippen LogP contribution in [0.25, 0.3) is 0 Å².